The van der Waals surface area contributed by atoms with Crippen molar-refractivity contribution in [3.63, 3.8) is 0 Å². The van der Waals surface area contributed by atoms with Crippen LogP contribution in [0.3, 0.4) is 0 Å². The van der Waals surface area contributed by atoms with Gasteiger partial charge in [-0.05, 0) is 0 Å². The van der Waals surface area contributed by atoms with E-state index in [1.165, 1.54) is 23.3 Å². The van der Waals surface area contributed by atoms with E-state index in [0.717, 1.165) is 12.8 Å². The summed E-state index contributed by atoms with van der Waals surface area (Å²) < 4.78 is 0. The number of hydrogen-bond acceptors (Lipinski definition) is 0. The SMILES string of the molecule is CC(C)(C)C1=CC[C-]=C1.CC(C)(C)C1=CC[C-]=C1.Cl.Cl.[CH3-].[CH3-].[GeH2]=[Zr]. The number of halogens is 2. The fraction of sp³-hybridized carbons (Fsp3) is 0.500. The van der Waals surface area contributed by atoms with Gasteiger partial charge in [0.05, 0.1) is 0 Å². The molecule has 0 heterocycles. The first-order valence-electron chi connectivity index (χ1n) is 7.11. The summed E-state index contributed by atoms with van der Waals surface area (Å²) in [6.07, 6.45) is 17.0. The Morgan fingerprint density at radius 3 is 1.08 bits per heavy atom. The molecule has 2 aliphatic carbocycles. The Morgan fingerprint density at radius 1 is 0.750 bits per heavy atom. The standard InChI is InChI=1S/2C9H13.2CH3.2ClH.GeH2.Zr/c2*1-9(2,3)8-6-4-5-7-8;;;;;;/h2*6-7H,4H2,1-3H3;2*1H3;2*1H;1H2;/q4*-1;;;;. The Morgan fingerprint density at radius 2 is 1.00 bits per heavy atom. The summed E-state index contributed by atoms with van der Waals surface area (Å²) in [7, 11) is 0. The van der Waals surface area contributed by atoms with Crippen LogP contribution in [0.4, 0.5) is 0 Å². The van der Waals surface area contributed by atoms with Crippen LogP contribution in [-0.2, 0) is 21.6 Å². The van der Waals surface area contributed by atoms with Crippen LogP contribution < -0.4 is 0 Å². The van der Waals surface area contributed by atoms with Gasteiger partial charge in [0.1, 0.15) is 0 Å². The molecule has 2 aliphatic rings. The average molecular weight is 511 g/mol. The van der Waals surface area contributed by atoms with Gasteiger partial charge in [-0.15, -0.1) is 37.7 Å². The minimum absolute atomic E-state index is 0. The molecule has 0 aromatic rings. The van der Waals surface area contributed by atoms with Crippen LogP contribution in [0.25, 0.3) is 0 Å². The van der Waals surface area contributed by atoms with Crippen molar-refractivity contribution in [1.29, 1.82) is 0 Å². The predicted octanol–water partition coefficient (Wildman–Crippen LogP) is 6.27. The van der Waals surface area contributed by atoms with Crippen LogP contribution in [0.15, 0.2) is 35.5 Å². The normalized spacial score (nSPS) is 13.9. The van der Waals surface area contributed by atoms with Crippen molar-refractivity contribution in [2.45, 2.75) is 54.4 Å². The molecule has 0 N–H and O–H groups in total. The maximum atomic E-state index is 3.16. The summed E-state index contributed by atoms with van der Waals surface area (Å²) in [5.41, 5.74) is 3.48. The van der Waals surface area contributed by atoms with Crippen molar-refractivity contribution in [2.75, 3.05) is 0 Å². The van der Waals surface area contributed by atoms with Gasteiger partial charge in [0.15, 0.2) is 0 Å². The third-order valence-electron chi connectivity index (χ3n) is 3.13. The van der Waals surface area contributed by atoms with Crippen LogP contribution in [0.5, 0.6) is 0 Å². The van der Waals surface area contributed by atoms with Crippen molar-refractivity contribution in [1.82, 2.24) is 0 Å². The van der Waals surface area contributed by atoms with E-state index >= 15 is 0 Å². The van der Waals surface area contributed by atoms with Gasteiger partial charge in [0.25, 0.3) is 0 Å². The molecule has 4 heteroatoms. The van der Waals surface area contributed by atoms with Gasteiger partial charge in [-0.3, -0.25) is 12.2 Å². The second kappa shape index (κ2) is 17.4. The second-order valence-electron chi connectivity index (χ2n) is 6.92. The molecule has 0 nitrogen and oxygen atoms in total. The van der Waals surface area contributed by atoms with E-state index in [4.69, 9.17) is 0 Å². The summed E-state index contributed by atoms with van der Waals surface area (Å²) in [4.78, 5) is 0. The second-order valence-corrected chi connectivity index (χ2v) is 6.92. The molecule has 0 spiro atoms. The Bertz CT molecular complexity index is 382. The van der Waals surface area contributed by atoms with Crippen molar-refractivity contribution in [2.24, 2.45) is 10.8 Å². The summed E-state index contributed by atoms with van der Waals surface area (Å²) in [6.45, 7) is 13.3. The molecule has 0 bridgehead atoms. The van der Waals surface area contributed by atoms with Gasteiger partial charge in [-0.2, -0.15) is 23.3 Å². The van der Waals surface area contributed by atoms with Crippen molar-refractivity contribution in [3.8, 4) is 0 Å². The molecule has 0 aromatic carbocycles. The van der Waals surface area contributed by atoms with E-state index in [9.17, 15) is 0 Å². The van der Waals surface area contributed by atoms with Crippen molar-refractivity contribution < 1.29 is 21.6 Å². The minimum atomic E-state index is 0. The first-order valence-corrected chi connectivity index (χ1v) is 17.6. The summed E-state index contributed by atoms with van der Waals surface area (Å²) in [5.74, 6) is 0. The Balaban J connectivity index is -0.0000000789. The van der Waals surface area contributed by atoms with Crippen LogP contribution in [-0.4, -0.2) is 12.1 Å². The predicted molar refractivity (Wildman–Crippen MR) is 116 cm³/mol. The zero-order valence-corrected chi connectivity index (χ0v) is 23.8. The van der Waals surface area contributed by atoms with E-state index in [1.54, 1.807) is 21.6 Å². The zero-order valence-electron chi connectivity index (χ0n) is 16.7. The molecule has 0 saturated carbocycles. The van der Waals surface area contributed by atoms with Crippen LogP contribution in [0.2, 0.25) is 0 Å². The average Bonchev–Trinajstić information content (AvgIpc) is 3.04. The van der Waals surface area contributed by atoms with E-state index in [0.29, 0.717) is 10.8 Å². The molecule has 0 amide bonds. The zero-order chi connectivity index (χ0) is 15.8. The summed E-state index contributed by atoms with van der Waals surface area (Å²) >= 11 is 3.14. The monoisotopic (exact) mass is 510 g/mol. The Labute approximate surface area is 185 Å². The first-order chi connectivity index (χ1) is 9.21. The van der Waals surface area contributed by atoms with E-state index in [-0.39, 0.29) is 39.7 Å². The number of allylic oxidation sites excluding steroid dienone is 8. The fourth-order valence-corrected chi connectivity index (χ4v) is 1.84. The van der Waals surface area contributed by atoms with Gasteiger partial charge < -0.3 is 14.9 Å². The van der Waals surface area contributed by atoms with Crippen LogP contribution >= 0.6 is 24.8 Å². The molecule has 2 rings (SSSR count). The fourth-order valence-electron chi connectivity index (χ4n) is 1.84. The molecule has 142 valence electrons. The topological polar surface area (TPSA) is 0 Å². The number of rotatable bonds is 0. The van der Waals surface area contributed by atoms with Crippen molar-refractivity contribution >= 4 is 37.0 Å². The quantitative estimate of drug-likeness (QED) is 0.266. The summed E-state index contributed by atoms with van der Waals surface area (Å²) in [5, 5.41) is 0. The Hall–Kier alpha value is 0.966. The van der Waals surface area contributed by atoms with Gasteiger partial charge in [-0.1, -0.05) is 52.4 Å². The molecule has 0 atom stereocenters. The molecule has 0 unspecified atom stereocenters. The molecule has 0 aromatic heterocycles. The van der Waals surface area contributed by atoms with E-state index in [2.05, 4.69) is 78.0 Å². The van der Waals surface area contributed by atoms with E-state index < -0.39 is 0 Å². The molecule has 0 saturated heterocycles. The maximum absolute atomic E-state index is 3.16. The molecule has 0 aliphatic heterocycles. The first kappa shape index (κ1) is 36.0. The van der Waals surface area contributed by atoms with Gasteiger partial charge in [0, 0.05) is 0 Å². The van der Waals surface area contributed by atoms with E-state index in [1.807, 2.05) is 0 Å². The van der Waals surface area contributed by atoms with Crippen molar-refractivity contribution in [3.05, 3.63) is 62.5 Å². The molecular weight excluding hydrogens is 475 g/mol. The summed E-state index contributed by atoms with van der Waals surface area (Å²) in [6, 6.07) is 0. The van der Waals surface area contributed by atoms with Crippen LogP contribution in [0.1, 0.15) is 54.4 Å². The third-order valence-corrected chi connectivity index (χ3v) is 3.13. The van der Waals surface area contributed by atoms with Crippen LogP contribution in [0, 0.1) is 37.8 Å². The molecule has 0 radical (unpaired) electrons. The van der Waals surface area contributed by atoms with Gasteiger partial charge >= 0.3 is 33.7 Å². The third kappa shape index (κ3) is 15.2. The molecule has 24 heavy (non-hydrogen) atoms. The molecule has 0 fully saturated rings. The molecular formula is C20H36Cl2GeZr-4. The Kier molecular flexibility index (Phi) is 26.1. The number of hydrogen-bond donors (Lipinski definition) is 0. The van der Waals surface area contributed by atoms with Gasteiger partial charge in [-0.25, -0.2) is 12.2 Å². The van der Waals surface area contributed by atoms with Gasteiger partial charge in [0.2, 0.25) is 0 Å².